The van der Waals surface area contributed by atoms with E-state index in [0.29, 0.717) is 26.2 Å². The molecular formula is C26H33N3O5S. The zero-order chi connectivity index (χ0) is 24.8. The highest BCUT2D eigenvalue weighted by Crippen LogP contribution is 2.21. The van der Waals surface area contributed by atoms with Crippen LogP contribution in [-0.4, -0.2) is 79.8 Å². The van der Waals surface area contributed by atoms with Gasteiger partial charge in [0, 0.05) is 45.8 Å². The maximum atomic E-state index is 12.8. The maximum absolute atomic E-state index is 12.8. The molecule has 0 aromatic heterocycles. The number of rotatable bonds is 7. The summed E-state index contributed by atoms with van der Waals surface area (Å²) in [5.41, 5.74) is 1.46. The largest absolute Gasteiger partial charge is 0.449 e. The summed E-state index contributed by atoms with van der Waals surface area (Å²) in [6, 6.07) is 16.0. The third kappa shape index (κ3) is 6.28. The molecule has 35 heavy (non-hydrogen) atoms. The number of hydrogen-bond acceptors (Lipinski definition) is 6. The molecule has 0 aliphatic carbocycles. The van der Waals surface area contributed by atoms with Crippen molar-refractivity contribution in [2.75, 3.05) is 39.3 Å². The summed E-state index contributed by atoms with van der Waals surface area (Å²) in [4.78, 5) is 29.6. The standard InChI is InChI=1S/C26H33N3O5S/c1-21(25(30)28-18-16-27(17-19-28)20-22-8-4-2-5-9-22)34-26(31)23-10-12-24(13-11-23)35(32,33)29-14-6-3-7-15-29/h2,4-5,8-13,21H,3,6-7,14-20H2,1H3/t21-/m0/s1. The lowest BCUT2D eigenvalue weighted by atomic mass is 10.2. The quantitative estimate of drug-likeness (QED) is 0.545. The van der Waals surface area contributed by atoms with Gasteiger partial charge in [0.2, 0.25) is 10.0 Å². The normalized spacial score (nSPS) is 18.7. The molecule has 9 heteroatoms. The Morgan fingerprint density at radius 3 is 2.11 bits per heavy atom. The van der Waals surface area contributed by atoms with E-state index >= 15 is 0 Å². The zero-order valence-corrected chi connectivity index (χ0v) is 21.0. The van der Waals surface area contributed by atoms with Gasteiger partial charge in [0.05, 0.1) is 10.5 Å². The number of nitrogens with zero attached hydrogens (tertiary/aromatic N) is 3. The summed E-state index contributed by atoms with van der Waals surface area (Å²) in [6.45, 7) is 6.14. The van der Waals surface area contributed by atoms with Crippen LogP contribution in [0.1, 0.15) is 42.1 Å². The average Bonchev–Trinajstić information content (AvgIpc) is 2.90. The minimum atomic E-state index is -3.56. The van der Waals surface area contributed by atoms with Crippen molar-refractivity contribution in [3.05, 3.63) is 65.7 Å². The Bertz CT molecular complexity index is 1110. The zero-order valence-electron chi connectivity index (χ0n) is 20.1. The lowest BCUT2D eigenvalue weighted by Gasteiger charge is -2.35. The molecule has 0 saturated carbocycles. The first-order chi connectivity index (χ1) is 16.8. The minimum absolute atomic E-state index is 0.161. The monoisotopic (exact) mass is 499 g/mol. The van der Waals surface area contributed by atoms with Gasteiger partial charge >= 0.3 is 5.97 Å². The highest BCUT2D eigenvalue weighted by atomic mass is 32.2. The second kappa shape index (κ2) is 11.3. The molecule has 0 radical (unpaired) electrons. The van der Waals surface area contributed by atoms with Gasteiger partial charge in [-0.05, 0) is 49.6 Å². The molecular weight excluding hydrogens is 466 g/mol. The van der Waals surface area contributed by atoms with Crippen molar-refractivity contribution in [2.45, 2.75) is 43.7 Å². The molecule has 1 amide bonds. The van der Waals surface area contributed by atoms with E-state index in [1.54, 1.807) is 11.8 Å². The first-order valence-corrected chi connectivity index (χ1v) is 13.6. The minimum Gasteiger partial charge on any atom is -0.449 e. The van der Waals surface area contributed by atoms with Crippen LogP contribution >= 0.6 is 0 Å². The van der Waals surface area contributed by atoms with Crippen molar-refractivity contribution in [1.82, 2.24) is 14.1 Å². The van der Waals surface area contributed by atoms with Gasteiger partial charge in [-0.3, -0.25) is 9.69 Å². The Morgan fingerprint density at radius 2 is 1.49 bits per heavy atom. The molecule has 2 aliphatic rings. The van der Waals surface area contributed by atoms with Crippen LogP contribution in [0, 0.1) is 0 Å². The van der Waals surface area contributed by atoms with Gasteiger partial charge in [0.1, 0.15) is 0 Å². The van der Waals surface area contributed by atoms with Crippen LogP contribution in [0.15, 0.2) is 59.5 Å². The highest BCUT2D eigenvalue weighted by molar-refractivity contribution is 7.89. The van der Waals surface area contributed by atoms with Crippen molar-refractivity contribution >= 4 is 21.9 Å². The molecule has 4 rings (SSSR count). The van der Waals surface area contributed by atoms with E-state index in [0.717, 1.165) is 38.9 Å². The molecule has 2 aliphatic heterocycles. The lowest BCUT2D eigenvalue weighted by Crippen LogP contribution is -2.51. The topological polar surface area (TPSA) is 87.2 Å². The lowest BCUT2D eigenvalue weighted by molar-refractivity contribution is -0.141. The number of carbonyl (C=O) groups excluding carboxylic acids is 2. The predicted octanol–water partition coefficient (Wildman–Crippen LogP) is 2.75. The van der Waals surface area contributed by atoms with Gasteiger partial charge in [-0.1, -0.05) is 36.8 Å². The van der Waals surface area contributed by atoms with E-state index in [2.05, 4.69) is 17.0 Å². The smallest absolute Gasteiger partial charge is 0.338 e. The Labute approximate surface area is 207 Å². The fourth-order valence-corrected chi connectivity index (χ4v) is 6.04. The fourth-order valence-electron chi connectivity index (χ4n) is 4.52. The highest BCUT2D eigenvalue weighted by Gasteiger charge is 2.29. The molecule has 0 spiro atoms. The summed E-state index contributed by atoms with van der Waals surface area (Å²) in [5, 5.41) is 0. The van der Waals surface area contributed by atoms with E-state index in [1.807, 2.05) is 18.2 Å². The van der Waals surface area contributed by atoms with Crippen LogP contribution in [0.2, 0.25) is 0 Å². The van der Waals surface area contributed by atoms with Crippen LogP contribution in [-0.2, 0) is 26.1 Å². The second-order valence-electron chi connectivity index (χ2n) is 9.12. The third-order valence-corrected chi connectivity index (χ3v) is 8.52. The van der Waals surface area contributed by atoms with Crippen molar-refractivity contribution in [2.24, 2.45) is 0 Å². The van der Waals surface area contributed by atoms with Crippen molar-refractivity contribution < 1.29 is 22.7 Å². The molecule has 2 fully saturated rings. The van der Waals surface area contributed by atoms with E-state index in [-0.39, 0.29) is 16.4 Å². The van der Waals surface area contributed by atoms with Gasteiger partial charge in [-0.15, -0.1) is 0 Å². The van der Waals surface area contributed by atoms with Crippen LogP contribution in [0.4, 0.5) is 0 Å². The summed E-state index contributed by atoms with van der Waals surface area (Å²) in [5.74, 6) is -0.863. The fraction of sp³-hybridized carbons (Fsp3) is 0.462. The number of carbonyl (C=O) groups is 2. The van der Waals surface area contributed by atoms with Crippen LogP contribution < -0.4 is 0 Å². The van der Waals surface area contributed by atoms with E-state index in [1.165, 1.54) is 34.1 Å². The van der Waals surface area contributed by atoms with Gasteiger partial charge in [0.15, 0.2) is 6.10 Å². The molecule has 1 atom stereocenters. The summed E-state index contributed by atoms with van der Waals surface area (Å²) >= 11 is 0. The van der Waals surface area contributed by atoms with Crippen LogP contribution in [0.3, 0.4) is 0 Å². The summed E-state index contributed by atoms with van der Waals surface area (Å²) in [6.07, 6.45) is 1.84. The molecule has 0 N–H and O–H groups in total. The Morgan fingerprint density at radius 1 is 0.857 bits per heavy atom. The first kappa shape index (κ1) is 25.3. The number of ether oxygens (including phenoxy) is 1. The molecule has 0 unspecified atom stereocenters. The molecule has 2 heterocycles. The van der Waals surface area contributed by atoms with Gasteiger partial charge < -0.3 is 9.64 Å². The van der Waals surface area contributed by atoms with Crippen LogP contribution in [0.25, 0.3) is 0 Å². The molecule has 8 nitrogen and oxygen atoms in total. The Hall–Kier alpha value is -2.75. The number of sulfonamides is 1. The number of hydrogen-bond donors (Lipinski definition) is 0. The molecule has 2 saturated heterocycles. The number of esters is 1. The third-order valence-electron chi connectivity index (χ3n) is 6.61. The van der Waals surface area contributed by atoms with Crippen molar-refractivity contribution in [3.8, 4) is 0 Å². The average molecular weight is 500 g/mol. The first-order valence-electron chi connectivity index (χ1n) is 12.2. The van der Waals surface area contributed by atoms with Crippen LogP contribution in [0.5, 0.6) is 0 Å². The Kier molecular flexibility index (Phi) is 8.20. The van der Waals surface area contributed by atoms with Gasteiger partial charge in [-0.25, -0.2) is 13.2 Å². The maximum Gasteiger partial charge on any atom is 0.338 e. The number of piperazine rings is 1. The molecule has 188 valence electrons. The van der Waals surface area contributed by atoms with E-state index in [9.17, 15) is 18.0 Å². The predicted molar refractivity (Wildman–Crippen MR) is 132 cm³/mol. The number of piperidine rings is 1. The van der Waals surface area contributed by atoms with Crippen molar-refractivity contribution in [3.63, 3.8) is 0 Å². The van der Waals surface area contributed by atoms with Gasteiger partial charge in [-0.2, -0.15) is 4.31 Å². The number of amides is 1. The molecule has 2 aromatic rings. The summed E-state index contributed by atoms with van der Waals surface area (Å²) in [7, 11) is -3.56. The molecule has 0 bridgehead atoms. The van der Waals surface area contributed by atoms with E-state index < -0.39 is 22.1 Å². The second-order valence-corrected chi connectivity index (χ2v) is 11.1. The van der Waals surface area contributed by atoms with Crippen molar-refractivity contribution in [1.29, 1.82) is 0 Å². The number of benzene rings is 2. The summed E-state index contributed by atoms with van der Waals surface area (Å²) < 4.78 is 32.5. The van der Waals surface area contributed by atoms with Gasteiger partial charge in [0.25, 0.3) is 5.91 Å². The molecule has 2 aromatic carbocycles. The SMILES string of the molecule is C[C@H](OC(=O)c1ccc(S(=O)(=O)N2CCCCC2)cc1)C(=O)N1CCN(Cc2ccccc2)CC1. The Balaban J connectivity index is 1.28. The van der Waals surface area contributed by atoms with E-state index in [4.69, 9.17) is 4.74 Å².